The molecule has 0 aliphatic carbocycles. The predicted octanol–water partition coefficient (Wildman–Crippen LogP) is 1.56. The number of nitrogens with zero attached hydrogens (tertiary/aromatic N) is 2. The van der Waals surface area contributed by atoms with Crippen LogP contribution < -0.4 is 0 Å². The van der Waals surface area contributed by atoms with Crippen LogP contribution in [0.1, 0.15) is 32.4 Å². The average molecular weight is 154 g/mol. The molecule has 0 aromatic carbocycles. The number of aromatic nitrogens is 2. The standard InChI is InChI=1S/C8H14N2O/c1-2-3-4-8(11)10-6-5-9-7-10/h5-8,11H,2-4H2,1H3. The van der Waals surface area contributed by atoms with E-state index in [4.69, 9.17) is 0 Å². The molecule has 62 valence electrons. The monoisotopic (exact) mass is 154 g/mol. The minimum Gasteiger partial charge on any atom is -0.373 e. The Morgan fingerprint density at radius 1 is 1.64 bits per heavy atom. The van der Waals surface area contributed by atoms with Gasteiger partial charge in [0.25, 0.3) is 0 Å². The maximum absolute atomic E-state index is 9.46. The zero-order valence-corrected chi connectivity index (χ0v) is 6.77. The van der Waals surface area contributed by atoms with Crippen LogP contribution in [-0.4, -0.2) is 14.7 Å². The van der Waals surface area contributed by atoms with Crippen LogP contribution in [-0.2, 0) is 0 Å². The van der Waals surface area contributed by atoms with Gasteiger partial charge in [-0.2, -0.15) is 0 Å². The van der Waals surface area contributed by atoms with E-state index in [1.54, 1.807) is 23.3 Å². The molecule has 3 nitrogen and oxygen atoms in total. The molecule has 1 atom stereocenters. The maximum atomic E-state index is 9.46. The van der Waals surface area contributed by atoms with Gasteiger partial charge in [0.15, 0.2) is 0 Å². The molecule has 0 spiro atoms. The van der Waals surface area contributed by atoms with Gasteiger partial charge in [-0.05, 0) is 12.8 Å². The smallest absolute Gasteiger partial charge is 0.131 e. The molecule has 3 heteroatoms. The lowest BCUT2D eigenvalue weighted by molar-refractivity contribution is 0.0919. The fourth-order valence-electron chi connectivity index (χ4n) is 0.982. The Bertz CT molecular complexity index is 184. The number of imidazole rings is 1. The highest BCUT2D eigenvalue weighted by molar-refractivity contribution is 4.76. The number of hydrogen-bond donors (Lipinski definition) is 1. The van der Waals surface area contributed by atoms with Gasteiger partial charge in [0.2, 0.25) is 0 Å². The Balaban J connectivity index is 2.36. The fourth-order valence-corrected chi connectivity index (χ4v) is 0.982. The lowest BCUT2D eigenvalue weighted by atomic mass is 10.2. The quantitative estimate of drug-likeness (QED) is 0.714. The van der Waals surface area contributed by atoms with Crippen LogP contribution in [0.4, 0.5) is 0 Å². The summed E-state index contributed by atoms with van der Waals surface area (Å²) in [6, 6.07) is 0. The van der Waals surface area contributed by atoms with E-state index in [1.165, 1.54) is 0 Å². The van der Waals surface area contributed by atoms with Crippen LogP contribution in [0.15, 0.2) is 18.7 Å². The molecule has 1 rings (SSSR count). The molecule has 0 aliphatic heterocycles. The molecule has 1 N–H and O–H groups in total. The predicted molar refractivity (Wildman–Crippen MR) is 43.0 cm³/mol. The van der Waals surface area contributed by atoms with Gasteiger partial charge in [-0.25, -0.2) is 4.98 Å². The van der Waals surface area contributed by atoms with Crippen molar-refractivity contribution in [3.8, 4) is 0 Å². The van der Waals surface area contributed by atoms with Crippen LogP contribution in [0.2, 0.25) is 0 Å². The zero-order valence-electron chi connectivity index (χ0n) is 6.77. The second kappa shape index (κ2) is 4.13. The van der Waals surface area contributed by atoms with Gasteiger partial charge in [-0.1, -0.05) is 13.3 Å². The van der Waals surface area contributed by atoms with E-state index < -0.39 is 6.23 Å². The first-order valence-electron chi connectivity index (χ1n) is 4.00. The summed E-state index contributed by atoms with van der Waals surface area (Å²) in [6.45, 7) is 2.11. The molecule has 1 aromatic rings. The Kier molecular flexibility index (Phi) is 3.11. The molecule has 0 fully saturated rings. The molecule has 11 heavy (non-hydrogen) atoms. The van der Waals surface area contributed by atoms with Crippen molar-refractivity contribution >= 4 is 0 Å². The van der Waals surface area contributed by atoms with E-state index in [0.29, 0.717) is 0 Å². The maximum Gasteiger partial charge on any atom is 0.131 e. The van der Waals surface area contributed by atoms with Crippen molar-refractivity contribution in [2.24, 2.45) is 0 Å². The summed E-state index contributed by atoms with van der Waals surface area (Å²) in [5.74, 6) is 0. The third-order valence-electron chi connectivity index (χ3n) is 1.68. The fraction of sp³-hybridized carbons (Fsp3) is 0.625. The Labute approximate surface area is 66.7 Å². The van der Waals surface area contributed by atoms with Crippen molar-refractivity contribution in [3.63, 3.8) is 0 Å². The van der Waals surface area contributed by atoms with Crippen molar-refractivity contribution in [3.05, 3.63) is 18.7 Å². The van der Waals surface area contributed by atoms with Crippen molar-refractivity contribution < 1.29 is 5.11 Å². The minimum atomic E-state index is -0.391. The number of aliphatic hydroxyl groups is 1. The van der Waals surface area contributed by atoms with Crippen molar-refractivity contribution in [2.45, 2.75) is 32.4 Å². The highest BCUT2D eigenvalue weighted by Crippen LogP contribution is 2.10. The molecule has 1 heterocycles. The number of rotatable bonds is 4. The molecule has 0 amide bonds. The Morgan fingerprint density at radius 2 is 2.45 bits per heavy atom. The molecule has 0 aliphatic rings. The summed E-state index contributed by atoms with van der Waals surface area (Å²) >= 11 is 0. The van der Waals surface area contributed by atoms with Crippen LogP contribution in [0.5, 0.6) is 0 Å². The first-order chi connectivity index (χ1) is 5.34. The SMILES string of the molecule is CCCCC(O)n1ccnc1. The normalized spacial score (nSPS) is 13.3. The molecular weight excluding hydrogens is 140 g/mol. The van der Waals surface area contributed by atoms with Crippen LogP contribution in [0.25, 0.3) is 0 Å². The second-order valence-corrected chi connectivity index (χ2v) is 2.63. The summed E-state index contributed by atoms with van der Waals surface area (Å²) in [7, 11) is 0. The lowest BCUT2D eigenvalue weighted by Gasteiger charge is -2.09. The van der Waals surface area contributed by atoms with E-state index in [1.807, 2.05) is 0 Å². The van der Waals surface area contributed by atoms with Crippen molar-refractivity contribution in [1.82, 2.24) is 9.55 Å². The number of unbranched alkanes of at least 4 members (excludes halogenated alkanes) is 1. The zero-order chi connectivity index (χ0) is 8.10. The second-order valence-electron chi connectivity index (χ2n) is 2.63. The van der Waals surface area contributed by atoms with Gasteiger partial charge in [0, 0.05) is 12.4 Å². The molecule has 0 radical (unpaired) electrons. The topological polar surface area (TPSA) is 38.0 Å². The highest BCUT2D eigenvalue weighted by atomic mass is 16.3. The highest BCUT2D eigenvalue weighted by Gasteiger charge is 2.02. The van der Waals surface area contributed by atoms with Gasteiger partial charge >= 0.3 is 0 Å². The summed E-state index contributed by atoms with van der Waals surface area (Å²) in [5.41, 5.74) is 0. The Hall–Kier alpha value is -0.830. The van der Waals surface area contributed by atoms with Gasteiger partial charge < -0.3 is 9.67 Å². The van der Waals surface area contributed by atoms with E-state index in [2.05, 4.69) is 11.9 Å². The largest absolute Gasteiger partial charge is 0.373 e. The number of aliphatic hydroxyl groups excluding tert-OH is 1. The molecule has 1 aromatic heterocycles. The van der Waals surface area contributed by atoms with E-state index in [0.717, 1.165) is 19.3 Å². The molecular formula is C8H14N2O. The summed E-state index contributed by atoms with van der Waals surface area (Å²) in [4.78, 5) is 3.85. The third-order valence-corrected chi connectivity index (χ3v) is 1.68. The molecule has 0 saturated carbocycles. The summed E-state index contributed by atoms with van der Waals surface area (Å²) in [5, 5.41) is 9.46. The van der Waals surface area contributed by atoms with E-state index >= 15 is 0 Å². The molecule has 0 saturated heterocycles. The first-order valence-corrected chi connectivity index (χ1v) is 4.00. The van der Waals surface area contributed by atoms with Crippen molar-refractivity contribution in [2.75, 3.05) is 0 Å². The lowest BCUT2D eigenvalue weighted by Crippen LogP contribution is -2.05. The van der Waals surface area contributed by atoms with E-state index in [-0.39, 0.29) is 0 Å². The Morgan fingerprint density at radius 3 is 3.00 bits per heavy atom. The number of hydrogen-bond acceptors (Lipinski definition) is 2. The van der Waals surface area contributed by atoms with Crippen molar-refractivity contribution in [1.29, 1.82) is 0 Å². The van der Waals surface area contributed by atoms with Gasteiger partial charge in [-0.3, -0.25) is 0 Å². The van der Waals surface area contributed by atoms with Gasteiger partial charge in [0.1, 0.15) is 6.23 Å². The van der Waals surface area contributed by atoms with Crippen LogP contribution in [0.3, 0.4) is 0 Å². The average Bonchev–Trinajstić information content (AvgIpc) is 2.52. The van der Waals surface area contributed by atoms with Crippen LogP contribution in [0, 0.1) is 0 Å². The summed E-state index contributed by atoms with van der Waals surface area (Å²) in [6.07, 6.45) is 7.69. The molecule has 0 bridgehead atoms. The third kappa shape index (κ3) is 2.35. The minimum absolute atomic E-state index is 0.391. The molecule has 1 unspecified atom stereocenters. The first kappa shape index (κ1) is 8.27. The van der Waals surface area contributed by atoms with Gasteiger partial charge in [-0.15, -0.1) is 0 Å². The van der Waals surface area contributed by atoms with Gasteiger partial charge in [0.05, 0.1) is 6.33 Å². The van der Waals surface area contributed by atoms with E-state index in [9.17, 15) is 5.11 Å². The summed E-state index contributed by atoms with van der Waals surface area (Å²) < 4.78 is 1.72. The van der Waals surface area contributed by atoms with Crippen LogP contribution >= 0.6 is 0 Å².